The summed E-state index contributed by atoms with van der Waals surface area (Å²) in [7, 11) is 3.22. The van der Waals surface area contributed by atoms with Gasteiger partial charge in [0.15, 0.2) is 5.60 Å². The second kappa shape index (κ2) is 61.0. The number of carbonyl (C=O) groups is 11. The number of hydrogen-bond acceptors (Lipinski definition) is 33. The number of nitrogens with one attached hydrogen (secondary N) is 8. The van der Waals surface area contributed by atoms with E-state index in [-0.39, 0.29) is 158 Å². The van der Waals surface area contributed by atoms with E-state index in [0.717, 1.165) is 22.6 Å². The molecular weight excluding hydrogens is 1830 g/mol. The minimum absolute atomic E-state index is 0.00350. The normalized spacial score (nSPS) is 15.0. The van der Waals surface area contributed by atoms with Gasteiger partial charge in [-0.15, -0.1) is 0 Å². The summed E-state index contributed by atoms with van der Waals surface area (Å²) in [6.45, 7) is 8.97. The number of methoxy groups -OCH3 is 2. The van der Waals surface area contributed by atoms with Gasteiger partial charge in [0.25, 0.3) is 29.2 Å². The molecule has 0 bridgehead atoms. The van der Waals surface area contributed by atoms with Gasteiger partial charge in [-0.2, -0.15) is 0 Å². The number of halogens is 1. The van der Waals surface area contributed by atoms with Crippen LogP contribution in [0.3, 0.4) is 0 Å². The van der Waals surface area contributed by atoms with E-state index in [0.29, 0.717) is 222 Å². The molecule has 764 valence electrons. The number of carbonyl (C=O) groups excluding carboxylic acids is 11. The molecule has 0 spiro atoms. The van der Waals surface area contributed by atoms with Gasteiger partial charge in [-0.05, 0) is 91.3 Å². The molecule has 3 aliphatic heterocycles. The van der Waals surface area contributed by atoms with Gasteiger partial charge in [0.2, 0.25) is 35.4 Å². The van der Waals surface area contributed by atoms with Gasteiger partial charge >= 0.3 is 5.97 Å². The largest absolute Gasteiger partial charge is 0.492 e. The molecule has 1 saturated carbocycles. The minimum atomic E-state index is -2.09. The zero-order chi connectivity index (χ0) is 98.8. The summed E-state index contributed by atoms with van der Waals surface area (Å²) in [5.41, 5.74) is 1.05. The Balaban J connectivity index is 0.658. The molecule has 44 heteroatoms. The van der Waals surface area contributed by atoms with E-state index in [1.54, 1.807) is 57.5 Å². The highest BCUT2D eigenvalue weighted by molar-refractivity contribution is 6.28. The Morgan fingerprint density at radius 2 is 1.00 bits per heavy atom. The quantitative estimate of drug-likeness (QED) is 0.0109. The molecule has 3 atom stereocenters. The fraction of sp³-hybridized carbons (Fsp3) is 0.589. The third kappa shape index (κ3) is 35.7. The lowest BCUT2D eigenvalue weighted by atomic mass is 9.86. The van der Waals surface area contributed by atoms with E-state index in [1.807, 2.05) is 0 Å². The molecule has 5 aliphatic rings. The van der Waals surface area contributed by atoms with Crippen LogP contribution in [0.2, 0.25) is 0 Å². The van der Waals surface area contributed by atoms with Crippen molar-refractivity contribution >= 4 is 81.6 Å². The number of aryl methyl sites for hydroxylation is 1. The van der Waals surface area contributed by atoms with Crippen molar-refractivity contribution in [2.75, 3.05) is 263 Å². The number of nitrogens with zero attached hydrogens (tertiary/aromatic N) is 3. The lowest BCUT2D eigenvalue weighted by Crippen LogP contribution is -2.52. The van der Waals surface area contributed by atoms with Crippen molar-refractivity contribution < 1.29 is 152 Å². The molecule has 5 heterocycles. The zero-order valence-electron chi connectivity index (χ0n) is 79.1. The van der Waals surface area contributed by atoms with E-state index in [9.17, 15) is 62.6 Å². The Kier molecular flexibility index (Phi) is 48.3. The lowest BCUT2D eigenvalue weighted by Gasteiger charge is -2.31. The number of imide groups is 1. The summed E-state index contributed by atoms with van der Waals surface area (Å²) < 4.78 is 122. The molecule has 3 aromatic carbocycles. The minimum Gasteiger partial charge on any atom is -0.492 e. The Bertz CT molecular complexity index is 4830. The number of aromatic nitrogens is 2. The topological polar surface area (TPSA) is 518 Å². The lowest BCUT2D eigenvalue weighted by molar-refractivity contribution is -0.172. The second-order valence-corrected chi connectivity index (χ2v) is 32.3. The van der Waals surface area contributed by atoms with Crippen molar-refractivity contribution in [1.82, 2.24) is 52.1 Å². The first kappa shape index (κ1) is 110. The van der Waals surface area contributed by atoms with Crippen LogP contribution in [0, 0.1) is 11.7 Å². The number of ether oxygens (including phenoxy) is 19. The average Bonchev–Trinajstić information content (AvgIpc) is 1.56. The van der Waals surface area contributed by atoms with Crippen LogP contribution in [0.25, 0.3) is 22.3 Å². The van der Waals surface area contributed by atoms with Gasteiger partial charge in [0.05, 0.1) is 270 Å². The van der Waals surface area contributed by atoms with Gasteiger partial charge in [0, 0.05) is 81.4 Å². The fourth-order valence-electron chi connectivity index (χ4n) is 15.2. The Morgan fingerprint density at radius 3 is 1.50 bits per heavy atom. The summed E-state index contributed by atoms with van der Waals surface area (Å²) in [5.74, 6) is -9.12. The van der Waals surface area contributed by atoms with Crippen molar-refractivity contribution in [2.24, 2.45) is 5.92 Å². The van der Waals surface area contributed by atoms with E-state index in [1.165, 1.54) is 22.8 Å². The molecule has 43 nitrogen and oxygen atoms in total. The van der Waals surface area contributed by atoms with Crippen molar-refractivity contribution in [1.29, 1.82) is 0 Å². The average molecular weight is 1960 g/mol. The third-order valence-electron chi connectivity index (χ3n) is 22.5. The number of anilines is 1. The van der Waals surface area contributed by atoms with Gasteiger partial charge in [-0.1, -0.05) is 37.3 Å². The van der Waals surface area contributed by atoms with Gasteiger partial charge < -0.3 is 142 Å². The highest BCUT2D eigenvalue weighted by atomic mass is 19.1. The number of esters is 1. The summed E-state index contributed by atoms with van der Waals surface area (Å²) in [5, 5.41) is 33.2. The van der Waals surface area contributed by atoms with Crippen LogP contribution in [-0.2, 0) is 173 Å². The molecule has 0 saturated heterocycles. The van der Waals surface area contributed by atoms with Gasteiger partial charge in [-0.25, -0.2) is 19.1 Å². The van der Waals surface area contributed by atoms with Crippen LogP contribution >= 0.6 is 0 Å². The monoisotopic (exact) mass is 1960 g/mol. The molecule has 10 rings (SSSR count). The molecule has 1 fully saturated rings. The molecule has 0 radical (unpaired) electrons. The van der Waals surface area contributed by atoms with Crippen LogP contribution in [0.15, 0.2) is 71.5 Å². The van der Waals surface area contributed by atoms with Crippen LogP contribution in [0.4, 0.5) is 10.1 Å². The summed E-state index contributed by atoms with van der Waals surface area (Å²) in [4.78, 5) is 169. The predicted octanol–water partition coefficient (Wildman–Crippen LogP) is 0.542. The molecule has 9 N–H and O–H groups in total. The molecule has 2 aromatic heterocycles. The summed E-state index contributed by atoms with van der Waals surface area (Å²) in [6, 6.07) is 12.7. The van der Waals surface area contributed by atoms with Crippen LogP contribution in [0.5, 0.6) is 5.75 Å². The number of benzene rings is 3. The summed E-state index contributed by atoms with van der Waals surface area (Å²) >= 11 is 0. The first-order valence-electron chi connectivity index (χ1n) is 46.9. The highest BCUT2D eigenvalue weighted by Gasteiger charge is 2.46. The number of hydrogen-bond donors (Lipinski definition) is 9. The van der Waals surface area contributed by atoms with E-state index in [2.05, 4.69) is 42.5 Å². The van der Waals surface area contributed by atoms with Crippen molar-refractivity contribution in [2.45, 2.75) is 102 Å². The smallest absolute Gasteiger partial charge is 0.343 e. The molecule has 0 unspecified atom stereocenters. The predicted molar refractivity (Wildman–Crippen MR) is 493 cm³/mol. The van der Waals surface area contributed by atoms with E-state index in [4.69, 9.17) is 95.0 Å². The number of aliphatic hydroxyl groups is 1. The Labute approximate surface area is 804 Å². The maximum Gasteiger partial charge on any atom is 0.343 e. The van der Waals surface area contributed by atoms with Crippen LogP contribution < -0.4 is 57.7 Å². The number of cyclic esters (lactones) is 1. The van der Waals surface area contributed by atoms with E-state index < -0.39 is 121 Å². The van der Waals surface area contributed by atoms with Crippen molar-refractivity contribution in [3.05, 3.63) is 133 Å². The van der Waals surface area contributed by atoms with Crippen molar-refractivity contribution in [3.8, 4) is 17.1 Å². The number of amides is 10. The third-order valence-corrected chi connectivity index (χ3v) is 22.5. The second-order valence-electron chi connectivity index (χ2n) is 32.3. The SMILES string of the molecule is CC[C@@]1(O)C(=O)OCc2c1cc1n(c2=O)Cc2c-1nc1cc(F)c3c(c1c2CNC(=O)[C@H](OCNC(=O)CNC(=O)[C@H](Cc1ccccc1)NC(=O)CNC(=O)CNC(=O)CCCOc1c(C(=O)NCCOCCOCCOCCOCCOCCOCCOCCOC)cc(N2C(=O)C=CC2=O)cc1C(=O)NCCOCCOCCOCCOCCOCCOCCOCCOC)C1CC1)CCC3. The van der Waals surface area contributed by atoms with Gasteiger partial charge in [0.1, 0.15) is 37.1 Å². The zero-order valence-corrected chi connectivity index (χ0v) is 79.1. The van der Waals surface area contributed by atoms with E-state index >= 15 is 4.39 Å². The molecular formula is C95H130FN11O32. The number of pyridine rings is 2. The number of fused-ring (bicyclic) bond motifs is 7. The Morgan fingerprint density at radius 1 is 0.525 bits per heavy atom. The fourth-order valence-corrected chi connectivity index (χ4v) is 15.2. The maximum atomic E-state index is 15.8. The first-order valence-corrected chi connectivity index (χ1v) is 46.9. The standard InChI is InChI=1S/C95H130FN11O32/c1-4-95(120)74-55-78-86-72(61-106(78)93(118)73(74)62-138-94(95)119)71(85-68-13-8-12-67(68)75(96)56-76(85)105-86)57-101-92(117)87(65-15-16-65)139-63-103-81(110)59-102-91(116)77(52-64-10-6-5-7-11-64)104-82(111)60-100-80(109)58-99-79(108)14-9-21-137-88-69(89(114)97-19-22-123-28-30-127-36-38-131-44-46-135-50-48-133-42-40-129-34-32-125-26-24-121-2)53-66(107-83(112)17-18-84(107)113)54-70(88)90(115)98-20-23-124-29-31-128-37-39-132-45-47-136-51-49-134-43-41-130-35-33-126-27-25-122-3/h5-7,10-11,17-18,53-56,65,77,87,120H,4,8-9,12-16,19-52,57-63H2,1-3H3,(H,97,114)(H,98,115)(H,99,108)(H,100,109)(H,101,117)(H,102,116)(H,103,110)(H,104,111)/t77-,87+,95-/m0/s1. The Hall–Kier alpha value is -10.9. The number of rotatable bonds is 74. The molecule has 10 amide bonds. The summed E-state index contributed by atoms with van der Waals surface area (Å²) in [6.07, 6.45) is 3.60. The van der Waals surface area contributed by atoms with Crippen LogP contribution in [0.1, 0.15) is 105 Å². The van der Waals surface area contributed by atoms with Gasteiger partial charge in [-0.3, -0.25) is 52.7 Å². The highest BCUT2D eigenvalue weighted by Crippen LogP contribution is 2.44. The van der Waals surface area contributed by atoms with Crippen LogP contribution in [-0.4, -0.2) is 350 Å². The maximum absolute atomic E-state index is 15.8. The van der Waals surface area contributed by atoms with Crippen molar-refractivity contribution in [3.63, 3.8) is 0 Å². The molecule has 139 heavy (non-hydrogen) atoms. The molecule has 2 aliphatic carbocycles. The molecule has 5 aromatic rings. The first-order chi connectivity index (χ1) is 67.7.